The SMILES string of the molecule is CCn1cc(Cl)c(CNC(=O)C2CC2)n1. The molecule has 0 bridgehead atoms. The van der Waals surface area contributed by atoms with Crippen LogP contribution in [0.15, 0.2) is 6.20 Å². The summed E-state index contributed by atoms with van der Waals surface area (Å²) in [5, 5.41) is 7.71. The van der Waals surface area contributed by atoms with Crippen molar-refractivity contribution in [3.63, 3.8) is 0 Å². The second kappa shape index (κ2) is 4.23. The molecule has 0 aliphatic heterocycles. The number of halogens is 1. The minimum atomic E-state index is 0.122. The van der Waals surface area contributed by atoms with Crippen molar-refractivity contribution in [2.45, 2.75) is 32.9 Å². The molecule has 1 aliphatic carbocycles. The Bertz CT molecular complexity index is 371. The summed E-state index contributed by atoms with van der Waals surface area (Å²) in [5.74, 6) is 0.356. The van der Waals surface area contributed by atoms with Gasteiger partial charge in [0, 0.05) is 18.7 Å². The van der Waals surface area contributed by atoms with Crippen LogP contribution in [0.3, 0.4) is 0 Å². The predicted octanol–water partition coefficient (Wildman–Crippen LogP) is 1.58. The number of nitrogens with zero attached hydrogens (tertiary/aromatic N) is 2. The van der Waals surface area contributed by atoms with Crippen molar-refractivity contribution in [2.75, 3.05) is 0 Å². The standard InChI is InChI=1S/C10H14ClN3O/c1-2-14-6-8(11)9(13-14)5-12-10(15)7-3-4-7/h6-7H,2-5H2,1H3,(H,12,15). The maximum atomic E-state index is 11.4. The molecule has 5 heteroatoms. The Kier molecular flexibility index (Phi) is 2.95. The molecule has 1 aliphatic rings. The van der Waals surface area contributed by atoms with E-state index in [1.807, 2.05) is 6.92 Å². The third-order valence-electron chi connectivity index (χ3n) is 2.49. The van der Waals surface area contributed by atoms with Gasteiger partial charge >= 0.3 is 0 Å². The molecular formula is C10H14ClN3O. The van der Waals surface area contributed by atoms with Crippen LogP contribution in [-0.2, 0) is 17.9 Å². The van der Waals surface area contributed by atoms with Crippen LogP contribution in [0.1, 0.15) is 25.5 Å². The first-order chi connectivity index (χ1) is 7.20. The molecule has 0 atom stereocenters. The van der Waals surface area contributed by atoms with Crippen LogP contribution >= 0.6 is 11.6 Å². The molecule has 0 spiro atoms. The van der Waals surface area contributed by atoms with Crippen molar-refractivity contribution < 1.29 is 4.79 Å². The molecule has 0 aromatic carbocycles. The van der Waals surface area contributed by atoms with Gasteiger partial charge in [0.2, 0.25) is 5.91 Å². The number of rotatable bonds is 4. The Morgan fingerprint density at radius 3 is 3.00 bits per heavy atom. The fourth-order valence-electron chi connectivity index (χ4n) is 1.38. The van der Waals surface area contributed by atoms with Crippen LogP contribution in [0.4, 0.5) is 0 Å². The molecule has 0 unspecified atom stereocenters. The van der Waals surface area contributed by atoms with Gasteiger partial charge in [0.25, 0.3) is 0 Å². The van der Waals surface area contributed by atoms with Gasteiger partial charge < -0.3 is 5.32 Å². The molecule has 1 N–H and O–H groups in total. The minimum absolute atomic E-state index is 0.122. The topological polar surface area (TPSA) is 46.9 Å². The Morgan fingerprint density at radius 2 is 2.47 bits per heavy atom. The second-order valence-electron chi connectivity index (χ2n) is 3.77. The maximum Gasteiger partial charge on any atom is 0.223 e. The quantitative estimate of drug-likeness (QED) is 0.849. The van der Waals surface area contributed by atoms with Gasteiger partial charge in [0.05, 0.1) is 11.6 Å². The third kappa shape index (κ3) is 2.50. The van der Waals surface area contributed by atoms with Crippen molar-refractivity contribution in [1.82, 2.24) is 15.1 Å². The van der Waals surface area contributed by atoms with Crippen LogP contribution in [0, 0.1) is 5.92 Å². The monoisotopic (exact) mass is 227 g/mol. The number of carbonyl (C=O) groups is 1. The van der Waals surface area contributed by atoms with Gasteiger partial charge in [-0.15, -0.1) is 0 Å². The number of hydrogen-bond acceptors (Lipinski definition) is 2. The lowest BCUT2D eigenvalue weighted by Crippen LogP contribution is -2.24. The lowest BCUT2D eigenvalue weighted by Gasteiger charge is -2.01. The summed E-state index contributed by atoms with van der Waals surface area (Å²) in [7, 11) is 0. The highest BCUT2D eigenvalue weighted by Gasteiger charge is 2.29. The van der Waals surface area contributed by atoms with Crippen molar-refractivity contribution in [2.24, 2.45) is 5.92 Å². The average Bonchev–Trinajstić information content (AvgIpc) is 3.00. The average molecular weight is 228 g/mol. The molecule has 1 amide bonds. The maximum absolute atomic E-state index is 11.4. The first-order valence-corrected chi connectivity index (χ1v) is 5.58. The Morgan fingerprint density at radius 1 is 1.73 bits per heavy atom. The van der Waals surface area contributed by atoms with E-state index < -0.39 is 0 Å². The number of nitrogens with one attached hydrogen (secondary N) is 1. The first kappa shape index (κ1) is 10.5. The van der Waals surface area contributed by atoms with Gasteiger partial charge in [-0.3, -0.25) is 9.48 Å². The summed E-state index contributed by atoms with van der Waals surface area (Å²) in [6.07, 6.45) is 3.81. The van der Waals surface area contributed by atoms with Gasteiger partial charge in [-0.25, -0.2) is 0 Å². The van der Waals surface area contributed by atoms with E-state index in [0.29, 0.717) is 11.6 Å². The van der Waals surface area contributed by atoms with Crippen LogP contribution in [0.2, 0.25) is 5.02 Å². The van der Waals surface area contributed by atoms with Gasteiger partial charge in [-0.05, 0) is 19.8 Å². The number of carbonyl (C=O) groups excluding carboxylic acids is 1. The molecule has 82 valence electrons. The number of amides is 1. The number of hydrogen-bond donors (Lipinski definition) is 1. The van der Waals surface area contributed by atoms with Crippen molar-refractivity contribution in [3.05, 3.63) is 16.9 Å². The molecule has 1 aromatic heterocycles. The fraction of sp³-hybridized carbons (Fsp3) is 0.600. The van der Waals surface area contributed by atoms with E-state index in [0.717, 1.165) is 25.1 Å². The summed E-state index contributed by atoms with van der Waals surface area (Å²) < 4.78 is 1.76. The molecule has 4 nitrogen and oxygen atoms in total. The third-order valence-corrected chi connectivity index (χ3v) is 2.81. The van der Waals surface area contributed by atoms with Crippen molar-refractivity contribution in [3.8, 4) is 0 Å². The largest absolute Gasteiger partial charge is 0.350 e. The predicted molar refractivity (Wildman–Crippen MR) is 57.5 cm³/mol. The van der Waals surface area contributed by atoms with Gasteiger partial charge in [0.1, 0.15) is 5.69 Å². The normalized spacial score (nSPS) is 15.3. The molecule has 2 rings (SSSR count). The van der Waals surface area contributed by atoms with Gasteiger partial charge in [0.15, 0.2) is 0 Å². The Hall–Kier alpha value is -1.03. The van der Waals surface area contributed by atoms with Crippen LogP contribution < -0.4 is 5.32 Å². The molecule has 0 saturated heterocycles. The molecule has 1 fully saturated rings. The molecule has 1 heterocycles. The van der Waals surface area contributed by atoms with Crippen LogP contribution in [0.25, 0.3) is 0 Å². The lowest BCUT2D eigenvalue weighted by atomic mass is 10.3. The highest BCUT2D eigenvalue weighted by Crippen LogP contribution is 2.28. The van der Waals surface area contributed by atoms with Crippen LogP contribution in [-0.4, -0.2) is 15.7 Å². The van der Waals surface area contributed by atoms with E-state index in [1.165, 1.54) is 0 Å². The summed E-state index contributed by atoms with van der Waals surface area (Å²) in [6, 6.07) is 0. The zero-order valence-electron chi connectivity index (χ0n) is 8.66. The summed E-state index contributed by atoms with van der Waals surface area (Å²) in [5.41, 5.74) is 0.743. The van der Waals surface area contributed by atoms with Crippen LogP contribution in [0.5, 0.6) is 0 Å². The molecule has 0 radical (unpaired) electrons. The van der Waals surface area contributed by atoms with E-state index in [1.54, 1.807) is 10.9 Å². The smallest absolute Gasteiger partial charge is 0.223 e. The summed E-state index contributed by atoms with van der Waals surface area (Å²) in [4.78, 5) is 11.4. The van der Waals surface area contributed by atoms with E-state index in [4.69, 9.17) is 11.6 Å². The fourth-order valence-corrected chi connectivity index (χ4v) is 1.60. The van der Waals surface area contributed by atoms with Gasteiger partial charge in [-0.1, -0.05) is 11.6 Å². The summed E-state index contributed by atoms with van der Waals surface area (Å²) >= 11 is 5.97. The van der Waals surface area contributed by atoms with Gasteiger partial charge in [-0.2, -0.15) is 5.10 Å². The zero-order chi connectivity index (χ0) is 10.8. The van der Waals surface area contributed by atoms with E-state index in [-0.39, 0.29) is 11.8 Å². The number of aryl methyl sites for hydroxylation is 1. The Labute approximate surface area is 93.6 Å². The first-order valence-electron chi connectivity index (χ1n) is 5.20. The molecule has 1 aromatic rings. The number of aromatic nitrogens is 2. The highest BCUT2D eigenvalue weighted by molar-refractivity contribution is 6.31. The highest BCUT2D eigenvalue weighted by atomic mass is 35.5. The lowest BCUT2D eigenvalue weighted by molar-refractivity contribution is -0.122. The minimum Gasteiger partial charge on any atom is -0.350 e. The van der Waals surface area contributed by atoms with Crippen molar-refractivity contribution >= 4 is 17.5 Å². The van der Waals surface area contributed by atoms with Crippen molar-refractivity contribution in [1.29, 1.82) is 0 Å². The second-order valence-corrected chi connectivity index (χ2v) is 4.18. The van der Waals surface area contributed by atoms with E-state index in [2.05, 4.69) is 10.4 Å². The van der Waals surface area contributed by atoms with E-state index >= 15 is 0 Å². The molecular weight excluding hydrogens is 214 g/mol. The van der Waals surface area contributed by atoms with E-state index in [9.17, 15) is 4.79 Å². The molecule has 1 saturated carbocycles. The molecule has 15 heavy (non-hydrogen) atoms. The summed E-state index contributed by atoms with van der Waals surface area (Å²) in [6.45, 7) is 3.22. The Balaban J connectivity index is 1.91. The zero-order valence-corrected chi connectivity index (χ0v) is 9.42.